The summed E-state index contributed by atoms with van der Waals surface area (Å²) in [5, 5.41) is 0. The van der Waals surface area contributed by atoms with E-state index in [4.69, 9.17) is 5.73 Å². The van der Waals surface area contributed by atoms with E-state index in [2.05, 4.69) is 60.9 Å². The Morgan fingerprint density at radius 1 is 0.952 bits per heavy atom. The van der Waals surface area contributed by atoms with Crippen molar-refractivity contribution in [3.63, 3.8) is 0 Å². The Hall–Kier alpha value is -0.900. The fourth-order valence-electron chi connectivity index (χ4n) is 2.88. The summed E-state index contributed by atoms with van der Waals surface area (Å²) in [5.41, 5.74) is 7.41. The maximum absolute atomic E-state index is 6.03. The van der Waals surface area contributed by atoms with Gasteiger partial charge in [-0.3, -0.25) is 4.90 Å². The summed E-state index contributed by atoms with van der Waals surface area (Å²) >= 11 is 0. The minimum atomic E-state index is 0.453. The molecule has 0 aliphatic carbocycles. The van der Waals surface area contributed by atoms with Gasteiger partial charge in [0.1, 0.15) is 0 Å². The maximum Gasteiger partial charge on any atom is 0.0258 e. The van der Waals surface area contributed by atoms with Crippen molar-refractivity contribution in [1.29, 1.82) is 0 Å². The minimum Gasteiger partial charge on any atom is -0.329 e. The molecule has 0 aromatic heterocycles. The minimum absolute atomic E-state index is 0.453. The monoisotopic (exact) mass is 291 g/mol. The van der Waals surface area contributed by atoms with Gasteiger partial charge in [-0.25, -0.2) is 0 Å². The van der Waals surface area contributed by atoms with Gasteiger partial charge in [0.05, 0.1) is 0 Å². The van der Waals surface area contributed by atoms with Crippen molar-refractivity contribution in [2.45, 2.75) is 39.7 Å². The number of nitrogens with zero attached hydrogens (tertiary/aromatic N) is 2. The third-order valence-electron chi connectivity index (χ3n) is 4.32. The van der Waals surface area contributed by atoms with Crippen LogP contribution in [0.2, 0.25) is 0 Å². The highest BCUT2D eigenvalue weighted by Crippen LogP contribution is 2.09. The molecule has 1 unspecified atom stereocenters. The third kappa shape index (κ3) is 6.60. The van der Waals surface area contributed by atoms with E-state index in [1.165, 1.54) is 18.5 Å². The molecule has 0 aliphatic heterocycles. The summed E-state index contributed by atoms with van der Waals surface area (Å²) in [7, 11) is 0. The van der Waals surface area contributed by atoms with Gasteiger partial charge in [0.25, 0.3) is 0 Å². The molecule has 0 fully saturated rings. The van der Waals surface area contributed by atoms with Crippen LogP contribution in [-0.4, -0.2) is 55.1 Å². The van der Waals surface area contributed by atoms with Crippen molar-refractivity contribution in [1.82, 2.24) is 9.80 Å². The molecule has 1 aromatic rings. The first-order valence-electron chi connectivity index (χ1n) is 8.45. The molecule has 0 heterocycles. The highest BCUT2D eigenvalue weighted by atomic mass is 15.2. The van der Waals surface area contributed by atoms with Gasteiger partial charge in [0.15, 0.2) is 0 Å². The molecular weight excluding hydrogens is 258 g/mol. The molecule has 0 saturated carbocycles. The van der Waals surface area contributed by atoms with Gasteiger partial charge in [-0.15, -0.1) is 0 Å². The summed E-state index contributed by atoms with van der Waals surface area (Å²) < 4.78 is 0. The van der Waals surface area contributed by atoms with Crippen molar-refractivity contribution in [3.8, 4) is 0 Å². The molecule has 21 heavy (non-hydrogen) atoms. The van der Waals surface area contributed by atoms with E-state index in [1.54, 1.807) is 0 Å². The van der Waals surface area contributed by atoms with Crippen LogP contribution in [-0.2, 0) is 6.42 Å². The van der Waals surface area contributed by atoms with Gasteiger partial charge >= 0.3 is 0 Å². The normalized spacial score (nSPS) is 13.0. The number of rotatable bonds is 11. The lowest BCUT2D eigenvalue weighted by Gasteiger charge is -2.31. The van der Waals surface area contributed by atoms with Crippen molar-refractivity contribution >= 4 is 0 Å². The second-order valence-corrected chi connectivity index (χ2v) is 5.59. The predicted molar refractivity (Wildman–Crippen MR) is 92.6 cm³/mol. The molecule has 120 valence electrons. The second kappa shape index (κ2) is 10.8. The fraction of sp³-hybridized carbons (Fsp3) is 0.667. The van der Waals surface area contributed by atoms with E-state index in [9.17, 15) is 0 Å². The Morgan fingerprint density at radius 2 is 1.62 bits per heavy atom. The van der Waals surface area contributed by atoms with Crippen LogP contribution in [0.5, 0.6) is 0 Å². The molecule has 3 heteroatoms. The number of hydrogen-bond acceptors (Lipinski definition) is 3. The zero-order valence-corrected chi connectivity index (χ0v) is 14.1. The predicted octanol–water partition coefficient (Wildman–Crippen LogP) is 2.61. The fourth-order valence-corrected chi connectivity index (χ4v) is 2.88. The maximum atomic E-state index is 6.03. The average Bonchev–Trinajstić information content (AvgIpc) is 2.54. The van der Waals surface area contributed by atoms with E-state index in [0.29, 0.717) is 6.04 Å². The molecule has 1 atom stereocenters. The highest BCUT2D eigenvalue weighted by molar-refractivity contribution is 5.16. The van der Waals surface area contributed by atoms with Crippen LogP contribution in [0.25, 0.3) is 0 Å². The topological polar surface area (TPSA) is 32.5 Å². The van der Waals surface area contributed by atoms with Crippen LogP contribution in [0.15, 0.2) is 30.3 Å². The Bertz CT molecular complexity index is 349. The Labute approximate surface area is 131 Å². The number of hydrogen-bond donors (Lipinski definition) is 1. The van der Waals surface area contributed by atoms with Gasteiger partial charge in [0.2, 0.25) is 0 Å². The Balaban J connectivity index is 2.47. The SMILES string of the molecule is CCN(CC)CCCN(CC)C(CN)Cc1ccccc1. The molecule has 1 aromatic carbocycles. The van der Waals surface area contributed by atoms with Crippen LogP contribution in [0.4, 0.5) is 0 Å². The lowest BCUT2D eigenvalue weighted by Crippen LogP contribution is -2.43. The molecule has 0 bridgehead atoms. The largest absolute Gasteiger partial charge is 0.329 e. The molecule has 1 rings (SSSR count). The Morgan fingerprint density at radius 3 is 2.14 bits per heavy atom. The highest BCUT2D eigenvalue weighted by Gasteiger charge is 2.16. The van der Waals surface area contributed by atoms with Crippen LogP contribution in [0.3, 0.4) is 0 Å². The number of benzene rings is 1. The summed E-state index contributed by atoms with van der Waals surface area (Å²) in [6.45, 7) is 13.1. The zero-order chi connectivity index (χ0) is 15.5. The number of likely N-dealkylation sites (N-methyl/N-ethyl adjacent to an activating group) is 1. The van der Waals surface area contributed by atoms with E-state index in [1.807, 2.05) is 0 Å². The van der Waals surface area contributed by atoms with Crippen LogP contribution < -0.4 is 5.73 Å². The van der Waals surface area contributed by atoms with Crippen molar-refractivity contribution in [2.75, 3.05) is 39.3 Å². The smallest absolute Gasteiger partial charge is 0.0258 e. The number of nitrogens with two attached hydrogens (primary N) is 1. The van der Waals surface area contributed by atoms with Crippen molar-refractivity contribution in [2.24, 2.45) is 5.73 Å². The first-order chi connectivity index (χ1) is 10.2. The first kappa shape index (κ1) is 18.1. The zero-order valence-electron chi connectivity index (χ0n) is 14.1. The summed E-state index contributed by atoms with van der Waals surface area (Å²) in [6.07, 6.45) is 2.28. The third-order valence-corrected chi connectivity index (χ3v) is 4.32. The lowest BCUT2D eigenvalue weighted by atomic mass is 10.0. The van der Waals surface area contributed by atoms with E-state index >= 15 is 0 Å². The first-order valence-corrected chi connectivity index (χ1v) is 8.45. The molecule has 0 spiro atoms. The van der Waals surface area contributed by atoms with Crippen molar-refractivity contribution < 1.29 is 0 Å². The Kier molecular flexibility index (Phi) is 9.31. The van der Waals surface area contributed by atoms with Crippen LogP contribution in [0, 0.1) is 0 Å². The molecule has 0 aliphatic rings. The molecule has 0 saturated heterocycles. The van der Waals surface area contributed by atoms with Crippen molar-refractivity contribution in [3.05, 3.63) is 35.9 Å². The summed E-state index contributed by atoms with van der Waals surface area (Å²) in [6, 6.07) is 11.1. The van der Waals surface area contributed by atoms with Crippen LogP contribution >= 0.6 is 0 Å². The quantitative estimate of drug-likeness (QED) is 0.680. The average molecular weight is 291 g/mol. The molecule has 0 radical (unpaired) electrons. The molecular formula is C18H33N3. The van der Waals surface area contributed by atoms with E-state index < -0.39 is 0 Å². The van der Waals surface area contributed by atoms with E-state index in [0.717, 1.165) is 39.1 Å². The molecule has 3 nitrogen and oxygen atoms in total. The van der Waals surface area contributed by atoms with E-state index in [-0.39, 0.29) is 0 Å². The van der Waals surface area contributed by atoms with Gasteiger partial charge in [0, 0.05) is 12.6 Å². The molecule has 2 N–H and O–H groups in total. The van der Waals surface area contributed by atoms with Crippen LogP contribution in [0.1, 0.15) is 32.8 Å². The van der Waals surface area contributed by atoms with Gasteiger partial charge in [-0.1, -0.05) is 51.1 Å². The van der Waals surface area contributed by atoms with Gasteiger partial charge in [-0.2, -0.15) is 0 Å². The second-order valence-electron chi connectivity index (χ2n) is 5.59. The van der Waals surface area contributed by atoms with Gasteiger partial charge < -0.3 is 10.6 Å². The summed E-state index contributed by atoms with van der Waals surface area (Å²) in [5.74, 6) is 0. The standard InChI is InChI=1S/C18H33N3/c1-4-20(5-2)13-10-14-21(6-3)18(16-19)15-17-11-8-7-9-12-17/h7-9,11-12,18H,4-6,10,13-16,19H2,1-3H3. The molecule has 0 amide bonds. The lowest BCUT2D eigenvalue weighted by molar-refractivity contribution is 0.191. The van der Waals surface area contributed by atoms with Gasteiger partial charge in [-0.05, 0) is 51.1 Å². The summed E-state index contributed by atoms with van der Waals surface area (Å²) in [4.78, 5) is 5.03.